The highest BCUT2D eigenvalue weighted by Gasteiger charge is 2.36. The third-order valence-electron chi connectivity index (χ3n) is 6.64. The van der Waals surface area contributed by atoms with Crippen LogP contribution in [0.5, 0.6) is 5.75 Å². The largest absolute Gasteiger partial charge is 0.496 e. The molecule has 1 N–H and O–H groups in total. The molecule has 12 heteroatoms. The van der Waals surface area contributed by atoms with Crippen LogP contribution in [0.2, 0.25) is 0 Å². The van der Waals surface area contributed by atoms with Crippen molar-refractivity contribution in [2.45, 2.75) is 51.1 Å². The number of methoxy groups -OCH3 is 1. The van der Waals surface area contributed by atoms with Gasteiger partial charge in [0.2, 0.25) is 5.91 Å². The molecule has 0 aromatic heterocycles. The van der Waals surface area contributed by atoms with E-state index in [1.165, 1.54) is 27.9 Å². The van der Waals surface area contributed by atoms with Gasteiger partial charge >= 0.3 is 0 Å². The third kappa shape index (κ3) is 5.81. The fraction of sp³-hybridized carbons (Fsp3) is 0.667. The van der Waals surface area contributed by atoms with Gasteiger partial charge in [-0.15, -0.1) is 0 Å². The van der Waals surface area contributed by atoms with Gasteiger partial charge in [0.15, 0.2) is 0 Å². The van der Waals surface area contributed by atoms with Crippen molar-refractivity contribution in [1.29, 1.82) is 0 Å². The Labute approximate surface area is 195 Å². The van der Waals surface area contributed by atoms with E-state index in [2.05, 4.69) is 5.32 Å². The number of amides is 1. The molecule has 1 aliphatic heterocycles. The zero-order chi connectivity index (χ0) is 24.2. The second-order valence-corrected chi connectivity index (χ2v) is 10.5. The molecule has 1 saturated carbocycles. The van der Waals surface area contributed by atoms with E-state index in [1.54, 1.807) is 20.0 Å². The molecule has 0 bridgehead atoms. The second-order valence-electron chi connectivity index (χ2n) is 8.56. The average molecular weight is 484 g/mol. The fourth-order valence-corrected chi connectivity index (χ4v) is 6.01. The Morgan fingerprint density at radius 1 is 1.21 bits per heavy atom. The van der Waals surface area contributed by atoms with Crippen molar-refractivity contribution >= 4 is 27.5 Å². The number of benzene rings is 1. The molecule has 2 aliphatic rings. The molecule has 1 amide bonds. The molecule has 1 unspecified atom stereocenters. The molecule has 33 heavy (non-hydrogen) atoms. The summed E-state index contributed by atoms with van der Waals surface area (Å²) in [6.45, 7) is 3.09. The lowest BCUT2D eigenvalue weighted by atomic mass is 9.96. The maximum absolute atomic E-state index is 13.1. The molecule has 0 radical (unpaired) electrons. The van der Waals surface area contributed by atoms with Crippen molar-refractivity contribution in [1.82, 2.24) is 13.5 Å². The number of nitro groups is 1. The van der Waals surface area contributed by atoms with E-state index in [9.17, 15) is 23.3 Å². The third-order valence-corrected chi connectivity index (χ3v) is 8.68. The van der Waals surface area contributed by atoms with Crippen molar-refractivity contribution in [3.8, 4) is 5.75 Å². The summed E-state index contributed by atoms with van der Waals surface area (Å²) in [5, 5.41) is 14.0. The summed E-state index contributed by atoms with van der Waals surface area (Å²) in [7, 11) is -0.478. The van der Waals surface area contributed by atoms with Gasteiger partial charge in [0.25, 0.3) is 15.9 Å². The Balaban J connectivity index is 1.59. The molecule has 184 valence electrons. The van der Waals surface area contributed by atoms with E-state index >= 15 is 0 Å². The van der Waals surface area contributed by atoms with Crippen molar-refractivity contribution in [3.63, 3.8) is 0 Å². The Hall–Kier alpha value is -2.28. The Morgan fingerprint density at radius 3 is 2.42 bits per heavy atom. The number of piperazine rings is 1. The van der Waals surface area contributed by atoms with Gasteiger partial charge in [-0.2, -0.15) is 17.0 Å². The van der Waals surface area contributed by atoms with Crippen molar-refractivity contribution in [3.05, 3.63) is 28.3 Å². The Bertz CT molecular complexity index is 958. The predicted molar refractivity (Wildman–Crippen MR) is 124 cm³/mol. The predicted octanol–water partition coefficient (Wildman–Crippen LogP) is 2.06. The lowest BCUT2D eigenvalue weighted by molar-refractivity contribution is -0.384. The monoisotopic (exact) mass is 483 g/mol. The molecule has 3 rings (SSSR count). The van der Waals surface area contributed by atoms with Gasteiger partial charge in [-0.05, 0) is 31.9 Å². The van der Waals surface area contributed by atoms with Crippen LogP contribution in [0.15, 0.2) is 18.2 Å². The number of ether oxygens (including phenoxy) is 1. The summed E-state index contributed by atoms with van der Waals surface area (Å²) < 4.78 is 34.2. The van der Waals surface area contributed by atoms with Crippen molar-refractivity contribution in [2.75, 3.05) is 45.7 Å². The van der Waals surface area contributed by atoms with Gasteiger partial charge < -0.3 is 10.1 Å². The number of nitrogens with zero attached hydrogens (tertiary/aromatic N) is 4. The van der Waals surface area contributed by atoms with Crippen LogP contribution >= 0.6 is 0 Å². The number of hydrogen-bond acceptors (Lipinski definition) is 7. The standard InChI is InChI=1S/C21H33N5O6S/c1-16(21(27)22-19-10-9-18(32-3)15-20(19)26(28)29)24-11-13-25(14-12-24)33(30,31)23(2)17-7-5-4-6-8-17/h9-10,15-17H,4-8,11-14H2,1-3H3,(H,22,27). The Morgan fingerprint density at radius 2 is 1.85 bits per heavy atom. The molecule has 1 heterocycles. The SMILES string of the molecule is COc1ccc(NC(=O)C(C)N2CCN(S(=O)(=O)N(C)C3CCCCC3)CC2)c([N+](=O)[O-])c1. The van der Waals surface area contributed by atoms with Crippen LogP contribution in [-0.4, -0.2) is 85.2 Å². The zero-order valence-electron chi connectivity index (χ0n) is 19.4. The van der Waals surface area contributed by atoms with E-state index in [-0.39, 0.29) is 23.3 Å². The van der Waals surface area contributed by atoms with Crippen LogP contribution in [0, 0.1) is 10.1 Å². The molecule has 11 nitrogen and oxygen atoms in total. The van der Waals surface area contributed by atoms with Crippen LogP contribution in [0.1, 0.15) is 39.0 Å². The maximum atomic E-state index is 13.1. The minimum Gasteiger partial charge on any atom is -0.496 e. The minimum absolute atomic E-state index is 0.0479. The molecule has 2 fully saturated rings. The first-order chi connectivity index (χ1) is 15.6. The quantitative estimate of drug-likeness (QED) is 0.443. The first-order valence-corrected chi connectivity index (χ1v) is 12.6. The second kappa shape index (κ2) is 10.8. The van der Waals surface area contributed by atoms with E-state index in [4.69, 9.17) is 4.74 Å². The molecule has 1 atom stereocenters. The highest BCUT2D eigenvalue weighted by atomic mass is 32.2. The summed E-state index contributed by atoms with van der Waals surface area (Å²) in [4.78, 5) is 25.5. The lowest BCUT2D eigenvalue weighted by Gasteiger charge is -2.40. The smallest absolute Gasteiger partial charge is 0.296 e. The summed E-state index contributed by atoms with van der Waals surface area (Å²) in [6, 6.07) is 3.71. The van der Waals surface area contributed by atoms with E-state index in [0.29, 0.717) is 31.9 Å². The number of rotatable bonds is 8. The fourth-order valence-electron chi connectivity index (χ4n) is 4.43. The molecule has 1 saturated heterocycles. The molecule has 0 spiro atoms. The number of carbonyl (C=O) groups excluding carboxylic acids is 1. The van der Waals surface area contributed by atoms with Gasteiger partial charge in [-0.1, -0.05) is 19.3 Å². The molecule has 1 aromatic rings. The number of hydrogen-bond donors (Lipinski definition) is 1. The van der Waals surface area contributed by atoms with Crippen LogP contribution in [0.4, 0.5) is 11.4 Å². The summed E-state index contributed by atoms with van der Waals surface area (Å²) in [5.74, 6) is -0.0674. The van der Waals surface area contributed by atoms with E-state index in [1.807, 2.05) is 4.90 Å². The number of anilines is 1. The zero-order valence-corrected chi connectivity index (χ0v) is 20.2. The van der Waals surface area contributed by atoms with E-state index in [0.717, 1.165) is 32.1 Å². The summed E-state index contributed by atoms with van der Waals surface area (Å²) in [6.07, 6.45) is 5.05. The molecular formula is C21H33N5O6S. The Kier molecular flexibility index (Phi) is 8.27. The minimum atomic E-state index is -3.55. The van der Waals surface area contributed by atoms with E-state index < -0.39 is 21.2 Å². The van der Waals surface area contributed by atoms with Gasteiger partial charge in [0, 0.05) is 39.3 Å². The molecular weight excluding hydrogens is 450 g/mol. The highest BCUT2D eigenvalue weighted by molar-refractivity contribution is 7.86. The van der Waals surface area contributed by atoms with Crippen molar-refractivity contribution in [2.24, 2.45) is 0 Å². The average Bonchev–Trinajstić information content (AvgIpc) is 2.83. The normalized spacial score (nSPS) is 19.9. The van der Waals surface area contributed by atoms with Gasteiger partial charge in [-0.25, -0.2) is 0 Å². The summed E-state index contributed by atoms with van der Waals surface area (Å²) in [5.41, 5.74) is -0.162. The lowest BCUT2D eigenvalue weighted by Crippen LogP contribution is -2.57. The van der Waals surface area contributed by atoms with Crippen LogP contribution in [0.3, 0.4) is 0 Å². The number of nitro benzene ring substituents is 1. The maximum Gasteiger partial charge on any atom is 0.296 e. The molecule has 1 aromatic carbocycles. The van der Waals surface area contributed by atoms with Gasteiger partial charge in [0.1, 0.15) is 11.4 Å². The van der Waals surface area contributed by atoms with Crippen molar-refractivity contribution < 1.29 is 22.9 Å². The number of carbonyl (C=O) groups is 1. The van der Waals surface area contributed by atoms with Gasteiger partial charge in [-0.3, -0.25) is 19.8 Å². The number of nitrogens with one attached hydrogen (secondary N) is 1. The van der Waals surface area contributed by atoms with Crippen LogP contribution < -0.4 is 10.1 Å². The van der Waals surface area contributed by atoms with Gasteiger partial charge in [0.05, 0.1) is 24.1 Å². The topological polar surface area (TPSA) is 125 Å². The summed E-state index contributed by atoms with van der Waals surface area (Å²) >= 11 is 0. The first-order valence-electron chi connectivity index (χ1n) is 11.3. The van der Waals surface area contributed by atoms with Crippen LogP contribution in [-0.2, 0) is 15.0 Å². The highest BCUT2D eigenvalue weighted by Crippen LogP contribution is 2.29. The first kappa shape index (κ1) is 25.3. The van der Waals surface area contributed by atoms with Crippen LogP contribution in [0.25, 0.3) is 0 Å². The molecule has 1 aliphatic carbocycles.